The predicted octanol–water partition coefficient (Wildman–Crippen LogP) is 3.49. The lowest BCUT2D eigenvalue weighted by molar-refractivity contribution is 0.644. The van der Waals surface area contributed by atoms with Crippen LogP contribution in [0.5, 0.6) is 0 Å². The van der Waals surface area contributed by atoms with Gasteiger partial charge in [0.05, 0.1) is 6.34 Å². The molecule has 0 heterocycles. The zero-order chi connectivity index (χ0) is 13.7. The molecule has 2 N–H and O–H groups in total. The average molecular weight is 250 g/mol. The van der Waals surface area contributed by atoms with Gasteiger partial charge in [-0.3, -0.25) is 4.99 Å². The molecule has 0 atom stereocenters. The highest BCUT2D eigenvalue weighted by Crippen LogP contribution is 2.39. The zero-order valence-corrected chi connectivity index (χ0v) is 11.1. The third kappa shape index (κ3) is 2.29. The van der Waals surface area contributed by atoms with Crippen molar-refractivity contribution in [3.63, 3.8) is 0 Å². The maximum atomic E-state index is 5.59. The lowest BCUT2D eigenvalue weighted by atomic mass is 9.78. The Morgan fingerprint density at radius 2 is 1.42 bits per heavy atom. The number of benzene rings is 2. The Bertz CT molecular complexity index is 531. The van der Waals surface area contributed by atoms with Gasteiger partial charge in [0.15, 0.2) is 0 Å². The van der Waals surface area contributed by atoms with E-state index in [2.05, 4.69) is 35.8 Å². The van der Waals surface area contributed by atoms with Crippen molar-refractivity contribution in [3.05, 3.63) is 83.9 Å². The summed E-state index contributed by atoms with van der Waals surface area (Å²) >= 11 is 0. The van der Waals surface area contributed by atoms with Crippen molar-refractivity contribution in [2.75, 3.05) is 0 Å². The van der Waals surface area contributed by atoms with Gasteiger partial charge in [-0.2, -0.15) is 0 Å². The molecule has 96 valence electrons. The zero-order valence-electron chi connectivity index (χ0n) is 11.1. The van der Waals surface area contributed by atoms with Crippen molar-refractivity contribution in [3.8, 4) is 0 Å². The molecule has 0 fully saturated rings. The van der Waals surface area contributed by atoms with Gasteiger partial charge in [-0.05, 0) is 23.6 Å². The smallest absolute Gasteiger partial charge is 0.133 e. The topological polar surface area (TPSA) is 38.4 Å². The summed E-state index contributed by atoms with van der Waals surface area (Å²) < 4.78 is 0. The minimum Gasteiger partial charge on any atom is -0.390 e. The van der Waals surface area contributed by atoms with E-state index in [4.69, 9.17) is 5.73 Å². The van der Waals surface area contributed by atoms with Crippen molar-refractivity contribution >= 4 is 6.34 Å². The molecular formula is C17H18N2. The van der Waals surface area contributed by atoms with Gasteiger partial charge in [0.1, 0.15) is 5.54 Å². The fraction of sp³-hybridized carbons (Fsp3) is 0.118. The molecule has 0 aliphatic carbocycles. The first-order valence-corrected chi connectivity index (χ1v) is 6.24. The monoisotopic (exact) mass is 250 g/mol. The summed E-state index contributed by atoms with van der Waals surface area (Å²) in [6.07, 6.45) is 1.36. The van der Waals surface area contributed by atoms with E-state index in [-0.39, 0.29) is 0 Å². The van der Waals surface area contributed by atoms with Gasteiger partial charge in [-0.1, -0.05) is 67.2 Å². The van der Waals surface area contributed by atoms with E-state index in [9.17, 15) is 0 Å². The van der Waals surface area contributed by atoms with Crippen LogP contribution in [0.2, 0.25) is 0 Å². The van der Waals surface area contributed by atoms with E-state index < -0.39 is 5.54 Å². The molecule has 0 aromatic heterocycles. The number of hydrogen-bond donors (Lipinski definition) is 1. The standard InChI is InChI=1S/C17H18N2/c1-14(2)17(19-13-18,15-9-5-3-6-10-15)16-11-7-4-8-12-16/h3-13H,1H2,2H3,(H2,18,19). The normalized spacial score (nSPS) is 11.6. The highest BCUT2D eigenvalue weighted by molar-refractivity contribution is 5.58. The third-order valence-electron chi connectivity index (χ3n) is 3.27. The first-order chi connectivity index (χ1) is 9.21. The number of hydrogen-bond acceptors (Lipinski definition) is 1. The summed E-state index contributed by atoms with van der Waals surface area (Å²) in [5, 5.41) is 0. The molecule has 0 saturated carbocycles. The molecule has 19 heavy (non-hydrogen) atoms. The highest BCUT2D eigenvalue weighted by Gasteiger charge is 2.34. The van der Waals surface area contributed by atoms with Crippen LogP contribution in [0.1, 0.15) is 18.1 Å². The molecule has 0 spiro atoms. The number of nitrogens with zero attached hydrogens (tertiary/aromatic N) is 1. The molecule has 2 rings (SSSR count). The van der Waals surface area contributed by atoms with E-state index in [1.807, 2.05) is 43.3 Å². The van der Waals surface area contributed by atoms with Gasteiger partial charge in [0, 0.05) is 0 Å². The van der Waals surface area contributed by atoms with Gasteiger partial charge in [-0.25, -0.2) is 0 Å². The number of nitrogens with two attached hydrogens (primary N) is 1. The first-order valence-electron chi connectivity index (χ1n) is 6.24. The quantitative estimate of drug-likeness (QED) is 0.503. The lowest BCUT2D eigenvalue weighted by Gasteiger charge is -2.31. The van der Waals surface area contributed by atoms with Crippen LogP contribution in [0, 0.1) is 0 Å². The minimum atomic E-state index is -0.614. The Balaban J connectivity index is 2.72. The summed E-state index contributed by atoms with van der Waals surface area (Å²) in [5.41, 5.74) is 8.05. The molecule has 0 amide bonds. The lowest BCUT2D eigenvalue weighted by Crippen LogP contribution is -2.27. The maximum absolute atomic E-state index is 5.59. The predicted molar refractivity (Wildman–Crippen MR) is 81.2 cm³/mol. The summed E-state index contributed by atoms with van der Waals surface area (Å²) in [4.78, 5) is 4.55. The number of aliphatic imine (C=N–C) groups is 1. The molecule has 2 heteroatoms. The average Bonchev–Trinajstić information content (AvgIpc) is 2.46. The third-order valence-corrected chi connectivity index (χ3v) is 3.27. The summed E-state index contributed by atoms with van der Waals surface area (Å²) in [5.74, 6) is 0. The minimum absolute atomic E-state index is 0.614. The van der Waals surface area contributed by atoms with Crippen LogP contribution < -0.4 is 5.73 Å². The summed E-state index contributed by atoms with van der Waals surface area (Å²) in [6, 6.07) is 20.2. The second-order valence-corrected chi connectivity index (χ2v) is 4.50. The maximum Gasteiger partial charge on any atom is 0.133 e. The Morgan fingerprint density at radius 1 is 1.00 bits per heavy atom. The van der Waals surface area contributed by atoms with Gasteiger partial charge < -0.3 is 5.73 Å². The van der Waals surface area contributed by atoms with Crippen LogP contribution in [-0.2, 0) is 5.54 Å². The van der Waals surface area contributed by atoms with Crippen molar-refractivity contribution in [1.82, 2.24) is 0 Å². The number of rotatable bonds is 4. The molecule has 0 aliphatic rings. The SMILES string of the molecule is C=C(C)C(N=CN)(c1ccccc1)c1ccccc1. The van der Waals surface area contributed by atoms with Crippen molar-refractivity contribution < 1.29 is 0 Å². The second kappa shape index (κ2) is 5.53. The molecule has 0 saturated heterocycles. The molecule has 0 unspecified atom stereocenters. The van der Waals surface area contributed by atoms with Gasteiger partial charge in [-0.15, -0.1) is 0 Å². The Morgan fingerprint density at radius 3 is 1.74 bits per heavy atom. The van der Waals surface area contributed by atoms with Crippen LogP contribution in [0.25, 0.3) is 0 Å². The van der Waals surface area contributed by atoms with Crippen LogP contribution in [0.15, 0.2) is 77.8 Å². The van der Waals surface area contributed by atoms with E-state index >= 15 is 0 Å². The van der Waals surface area contributed by atoms with E-state index in [1.54, 1.807) is 0 Å². The summed E-state index contributed by atoms with van der Waals surface area (Å²) in [6.45, 7) is 6.11. The molecule has 0 aliphatic heterocycles. The van der Waals surface area contributed by atoms with Crippen molar-refractivity contribution in [2.45, 2.75) is 12.5 Å². The molecule has 2 aromatic carbocycles. The van der Waals surface area contributed by atoms with Crippen LogP contribution in [-0.4, -0.2) is 6.34 Å². The van der Waals surface area contributed by atoms with Gasteiger partial charge in [0.2, 0.25) is 0 Å². The molecule has 2 aromatic rings. The summed E-state index contributed by atoms with van der Waals surface area (Å²) in [7, 11) is 0. The Kier molecular flexibility index (Phi) is 3.81. The van der Waals surface area contributed by atoms with Gasteiger partial charge >= 0.3 is 0 Å². The second-order valence-electron chi connectivity index (χ2n) is 4.50. The highest BCUT2D eigenvalue weighted by atomic mass is 14.9. The van der Waals surface area contributed by atoms with Crippen LogP contribution >= 0.6 is 0 Å². The van der Waals surface area contributed by atoms with E-state index in [0.29, 0.717) is 0 Å². The molecule has 0 radical (unpaired) electrons. The Labute approximate surface area is 114 Å². The van der Waals surface area contributed by atoms with E-state index in [0.717, 1.165) is 16.7 Å². The fourth-order valence-corrected chi connectivity index (χ4v) is 2.39. The first kappa shape index (κ1) is 13.1. The molecular weight excluding hydrogens is 232 g/mol. The van der Waals surface area contributed by atoms with Crippen molar-refractivity contribution in [2.24, 2.45) is 10.7 Å². The van der Waals surface area contributed by atoms with Crippen molar-refractivity contribution in [1.29, 1.82) is 0 Å². The Hall–Kier alpha value is -2.35. The van der Waals surface area contributed by atoms with Crippen LogP contribution in [0.3, 0.4) is 0 Å². The van der Waals surface area contributed by atoms with E-state index in [1.165, 1.54) is 6.34 Å². The molecule has 2 nitrogen and oxygen atoms in total. The fourth-order valence-electron chi connectivity index (χ4n) is 2.39. The molecule has 0 bridgehead atoms. The largest absolute Gasteiger partial charge is 0.390 e. The van der Waals surface area contributed by atoms with Gasteiger partial charge in [0.25, 0.3) is 0 Å². The van der Waals surface area contributed by atoms with Crippen LogP contribution in [0.4, 0.5) is 0 Å².